The van der Waals surface area contributed by atoms with Crippen LogP contribution in [0.2, 0.25) is 0 Å². The van der Waals surface area contributed by atoms with E-state index in [9.17, 15) is 13.6 Å². The Morgan fingerprint density at radius 2 is 2.18 bits per heavy atom. The summed E-state index contributed by atoms with van der Waals surface area (Å²) in [6.45, 7) is 1.61. The normalized spacial score (nSPS) is 14.3. The number of methoxy groups -OCH3 is 1. The molecule has 0 heterocycles. The SMILES string of the molecule is COC(=O)C(F)(F)CC(C)I. The zero-order valence-corrected chi connectivity index (χ0v) is 8.39. The van der Waals surface area contributed by atoms with Gasteiger partial charge in [-0.05, 0) is 0 Å². The van der Waals surface area contributed by atoms with Crippen molar-refractivity contribution in [3.8, 4) is 0 Å². The van der Waals surface area contributed by atoms with E-state index in [1.165, 1.54) is 0 Å². The maximum absolute atomic E-state index is 12.6. The van der Waals surface area contributed by atoms with Crippen molar-refractivity contribution in [3.63, 3.8) is 0 Å². The molecule has 0 N–H and O–H groups in total. The first-order valence-corrected chi connectivity index (χ1v) is 4.25. The summed E-state index contributed by atoms with van der Waals surface area (Å²) >= 11 is 1.83. The molecule has 0 radical (unpaired) electrons. The molecule has 0 saturated heterocycles. The van der Waals surface area contributed by atoms with Gasteiger partial charge in [-0.15, -0.1) is 0 Å². The molecule has 0 aromatic rings. The fourth-order valence-corrected chi connectivity index (χ4v) is 1.14. The van der Waals surface area contributed by atoms with Crippen LogP contribution in [-0.2, 0) is 9.53 Å². The van der Waals surface area contributed by atoms with Crippen molar-refractivity contribution >= 4 is 28.6 Å². The van der Waals surface area contributed by atoms with Gasteiger partial charge in [0.1, 0.15) is 0 Å². The smallest absolute Gasteiger partial charge is 0.376 e. The molecule has 0 amide bonds. The Kier molecular flexibility index (Phi) is 4.20. The molecule has 0 aromatic carbocycles. The zero-order valence-electron chi connectivity index (χ0n) is 6.23. The Hall–Kier alpha value is 0.0600. The van der Waals surface area contributed by atoms with Gasteiger partial charge in [-0.1, -0.05) is 29.5 Å². The number of rotatable bonds is 3. The summed E-state index contributed by atoms with van der Waals surface area (Å²) in [7, 11) is 0.952. The molecule has 0 saturated carbocycles. The molecule has 0 aliphatic rings. The van der Waals surface area contributed by atoms with Gasteiger partial charge in [0.15, 0.2) is 0 Å². The second kappa shape index (κ2) is 4.18. The molecule has 1 atom stereocenters. The van der Waals surface area contributed by atoms with E-state index in [1.807, 2.05) is 22.6 Å². The van der Waals surface area contributed by atoms with Crippen LogP contribution in [0.1, 0.15) is 13.3 Å². The highest BCUT2D eigenvalue weighted by Crippen LogP contribution is 2.24. The Balaban J connectivity index is 4.09. The van der Waals surface area contributed by atoms with E-state index < -0.39 is 18.3 Å². The molecule has 11 heavy (non-hydrogen) atoms. The van der Waals surface area contributed by atoms with Crippen molar-refractivity contribution in [2.45, 2.75) is 23.2 Å². The molecule has 0 aliphatic heterocycles. The number of carbonyl (C=O) groups is 1. The van der Waals surface area contributed by atoms with Crippen LogP contribution in [0.5, 0.6) is 0 Å². The highest BCUT2D eigenvalue weighted by Gasteiger charge is 2.40. The quantitative estimate of drug-likeness (QED) is 0.448. The summed E-state index contributed by atoms with van der Waals surface area (Å²) in [5, 5.41) is 0. The Labute approximate surface area is 77.4 Å². The molecule has 0 bridgehead atoms. The number of ether oxygens (including phenoxy) is 1. The van der Waals surface area contributed by atoms with Crippen molar-refractivity contribution in [3.05, 3.63) is 0 Å². The summed E-state index contributed by atoms with van der Waals surface area (Å²) in [6.07, 6.45) is -0.472. The molecule has 2 nitrogen and oxygen atoms in total. The first-order valence-electron chi connectivity index (χ1n) is 3.00. The van der Waals surface area contributed by atoms with E-state index in [2.05, 4.69) is 4.74 Å². The van der Waals surface area contributed by atoms with Crippen molar-refractivity contribution < 1.29 is 18.3 Å². The van der Waals surface area contributed by atoms with Gasteiger partial charge in [-0.25, -0.2) is 4.79 Å². The lowest BCUT2D eigenvalue weighted by molar-refractivity contribution is -0.169. The fraction of sp³-hybridized carbons (Fsp3) is 0.833. The van der Waals surface area contributed by atoms with E-state index in [0.717, 1.165) is 7.11 Å². The fourth-order valence-electron chi connectivity index (χ4n) is 0.586. The number of hydrogen-bond acceptors (Lipinski definition) is 2. The Morgan fingerprint density at radius 1 is 1.73 bits per heavy atom. The minimum atomic E-state index is -3.34. The van der Waals surface area contributed by atoms with Gasteiger partial charge < -0.3 is 4.74 Å². The minimum Gasteiger partial charge on any atom is -0.465 e. The topological polar surface area (TPSA) is 26.3 Å². The van der Waals surface area contributed by atoms with Crippen LogP contribution in [-0.4, -0.2) is 22.9 Å². The molecule has 0 rings (SSSR count). The minimum absolute atomic E-state index is 0.248. The van der Waals surface area contributed by atoms with Gasteiger partial charge in [-0.2, -0.15) is 8.78 Å². The average Bonchev–Trinajstić information content (AvgIpc) is 1.83. The van der Waals surface area contributed by atoms with Crippen molar-refractivity contribution in [1.29, 1.82) is 0 Å². The Bertz CT molecular complexity index is 148. The van der Waals surface area contributed by atoms with E-state index in [4.69, 9.17) is 0 Å². The molecular weight excluding hydrogens is 269 g/mol. The highest BCUT2D eigenvalue weighted by atomic mass is 127. The molecule has 66 valence electrons. The van der Waals surface area contributed by atoms with Gasteiger partial charge in [0, 0.05) is 10.3 Å². The first-order chi connectivity index (χ1) is 4.90. The van der Waals surface area contributed by atoms with E-state index >= 15 is 0 Å². The maximum atomic E-state index is 12.6. The Morgan fingerprint density at radius 3 is 2.45 bits per heavy atom. The number of esters is 1. The first kappa shape index (κ1) is 11.1. The van der Waals surface area contributed by atoms with E-state index in [-0.39, 0.29) is 3.92 Å². The lowest BCUT2D eigenvalue weighted by atomic mass is 10.2. The third-order valence-corrected chi connectivity index (χ3v) is 1.46. The average molecular weight is 278 g/mol. The van der Waals surface area contributed by atoms with E-state index in [0.29, 0.717) is 0 Å². The maximum Gasteiger partial charge on any atom is 0.376 e. The largest absolute Gasteiger partial charge is 0.465 e. The van der Waals surface area contributed by atoms with Crippen LogP contribution < -0.4 is 0 Å². The number of carbonyl (C=O) groups excluding carboxylic acids is 1. The zero-order chi connectivity index (χ0) is 9.07. The molecule has 0 aromatic heterocycles. The van der Waals surface area contributed by atoms with Crippen molar-refractivity contribution in [1.82, 2.24) is 0 Å². The second-order valence-electron chi connectivity index (χ2n) is 2.18. The summed E-state index contributed by atoms with van der Waals surface area (Å²) < 4.78 is 28.9. The van der Waals surface area contributed by atoms with Gasteiger partial charge >= 0.3 is 11.9 Å². The summed E-state index contributed by atoms with van der Waals surface area (Å²) in [5.41, 5.74) is 0. The third kappa shape index (κ3) is 3.83. The molecule has 0 spiro atoms. The highest BCUT2D eigenvalue weighted by molar-refractivity contribution is 14.1. The summed E-state index contributed by atoms with van der Waals surface area (Å²) in [4.78, 5) is 10.4. The van der Waals surface area contributed by atoms with Crippen molar-refractivity contribution in [2.75, 3.05) is 7.11 Å². The van der Waals surface area contributed by atoms with Crippen LogP contribution in [0.15, 0.2) is 0 Å². The molecular formula is C6H9F2IO2. The van der Waals surface area contributed by atoms with Crippen LogP contribution in [0.4, 0.5) is 8.78 Å². The van der Waals surface area contributed by atoms with Crippen LogP contribution in [0.25, 0.3) is 0 Å². The summed E-state index contributed by atoms with van der Waals surface area (Å²) in [6, 6.07) is 0. The third-order valence-electron chi connectivity index (χ3n) is 1.02. The second-order valence-corrected chi connectivity index (χ2v) is 4.31. The van der Waals surface area contributed by atoms with Crippen LogP contribution in [0, 0.1) is 0 Å². The standard InChI is InChI=1S/C6H9F2IO2/c1-4(9)3-6(7,8)5(10)11-2/h4H,3H2,1-2H3. The lowest BCUT2D eigenvalue weighted by Gasteiger charge is -2.14. The number of halogens is 3. The number of hydrogen-bond donors (Lipinski definition) is 0. The molecule has 1 unspecified atom stereocenters. The molecule has 0 aliphatic carbocycles. The lowest BCUT2D eigenvalue weighted by Crippen LogP contribution is -2.31. The predicted octanol–water partition coefficient (Wildman–Crippen LogP) is 2.01. The molecule has 0 fully saturated rings. The summed E-state index contributed by atoms with van der Waals surface area (Å²) in [5.74, 6) is -4.80. The molecule has 5 heteroatoms. The van der Waals surface area contributed by atoms with Gasteiger partial charge in [0.25, 0.3) is 0 Å². The van der Waals surface area contributed by atoms with E-state index in [1.54, 1.807) is 6.92 Å². The van der Waals surface area contributed by atoms with Crippen molar-refractivity contribution in [2.24, 2.45) is 0 Å². The van der Waals surface area contributed by atoms with Crippen LogP contribution >= 0.6 is 22.6 Å². The van der Waals surface area contributed by atoms with Gasteiger partial charge in [0.05, 0.1) is 7.11 Å². The number of alkyl halides is 3. The van der Waals surface area contributed by atoms with Crippen LogP contribution in [0.3, 0.4) is 0 Å². The van der Waals surface area contributed by atoms with Gasteiger partial charge in [-0.3, -0.25) is 0 Å². The van der Waals surface area contributed by atoms with Gasteiger partial charge in [0.2, 0.25) is 0 Å². The monoisotopic (exact) mass is 278 g/mol. The predicted molar refractivity (Wildman–Crippen MR) is 45.1 cm³/mol.